The van der Waals surface area contributed by atoms with E-state index in [4.69, 9.17) is 0 Å². The molecule has 1 aliphatic heterocycles. The van der Waals surface area contributed by atoms with Crippen LogP contribution in [0.2, 0.25) is 0 Å². The number of hydrogen-bond donors (Lipinski definition) is 0. The maximum absolute atomic E-state index is 11.0. The molecule has 66 valence electrons. The maximum Gasteiger partial charge on any atom is 0.288 e. The molecule has 0 saturated carbocycles. The Kier molecular flexibility index (Phi) is 2.37. The molecule has 0 bridgehead atoms. The average Bonchev–Trinajstić information content (AvgIpc) is 2.17. The molecule has 2 amide bonds. The third-order valence-corrected chi connectivity index (χ3v) is 2.60. The van der Waals surface area contributed by atoms with Crippen LogP contribution in [0.15, 0.2) is 0 Å². The molecule has 1 fully saturated rings. The zero-order chi connectivity index (χ0) is 9.30. The number of nitrogens with zero attached hydrogens (tertiary/aromatic N) is 1. The van der Waals surface area contributed by atoms with Crippen molar-refractivity contribution in [1.29, 1.82) is 0 Å². The minimum atomic E-state index is -1.32. The van der Waals surface area contributed by atoms with Gasteiger partial charge in [0.2, 0.25) is 5.91 Å². The molecule has 0 radical (unpaired) electrons. The Bertz CT molecular complexity index is 250. The van der Waals surface area contributed by atoms with Gasteiger partial charge in [-0.2, -0.15) is 0 Å². The summed E-state index contributed by atoms with van der Waals surface area (Å²) in [5.41, 5.74) is 0. The third-order valence-electron chi connectivity index (χ3n) is 1.48. The number of carbonyl (C=O) groups is 3. The first-order valence-electron chi connectivity index (χ1n) is 3.20. The van der Waals surface area contributed by atoms with Crippen molar-refractivity contribution < 1.29 is 19.5 Å². The Morgan fingerprint density at radius 2 is 2.25 bits per heavy atom. The van der Waals surface area contributed by atoms with Crippen LogP contribution in [0, 0.1) is 0 Å². The van der Waals surface area contributed by atoms with E-state index in [0.717, 1.165) is 16.7 Å². The molecule has 1 heterocycles. The van der Waals surface area contributed by atoms with E-state index < -0.39 is 28.8 Å². The molecule has 6 heteroatoms. The summed E-state index contributed by atoms with van der Waals surface area (Å²) in [6.07, 6.45) is -0.403. The lowest BCUT2D eigenvalue weighted by Gasteiger charge is -2.06. The van der Waals surface area contributed by atoms with Gasteiger partial charge in [0.05, 0.1) is 5.25 Å². The van der Waals surface area contributed by atoms with Crippen molar-refractivity contribution in [3.63, 3.8) is 0 Å². The molecule has 0 unspecified atom stereocenters. The van der Waals surface area contributed by atoms with E-state index in [-0.39, 0.29) is 0 Å². The Hall–Kier alpha value is -1.04. The predicted molar refractivity (Wildman–Crippen MR) is 39.2 cm³/mol. The summed E-state index contributed by atoms with van der Waals surface area (Å²) in [6, 6.07) is 0. The first kappa shape index (κ1) is 9.05. The fourth-order valence-corrected chi connectivity index (χ4v) is 1.81. The molecule has 1 rings (SSSR count). The van der Waals surface area contributed by atoms with Crippen molar-refractivity contribution in [3.8, 4) is 0 Å². The Labute approximate surface area is 72.7 Å². The van der Waals surface area contributed by atoms with Crippen molar-refractivity contribution in [2.75, 3.05) is 7.05 Å². The van der Waals surface area contributed by atoms with Crippen LogP contribution in [0.1, 0.15) is 6.42 Å². The van der Waals surface area contributed by atoms with Gasteiger partial charge in [0.1, 0.15) is 0 Å². The molecule has 0 N–H and O–H groups in total. The van der Waals surface area contributed by atoms with Crippen LogP contribution < -0.4 is 5.11 Å². The van der Waals surface area contributed by atoms with Gasteiger partial charge in [0, 0.05) is 19.4 Å². The van der Waals surface area contributed by atoms with E-state index in [1.807, 2.05) is 0 Å². The lowest BCUT2D eigenvalue weighted by atomic mass is 10.3. The molecule has 1 atom stereocenters. The molecule has 0 aromatic heterocycles. The number of carboxylic acids is 1. The van der Waals surface area contributed by atoms with Crippen molar-refractivity contribution >= 4 is 28.9 Å². The van der Waals surface area contributed by atoms with E-state index >= 15 is 0 Å². The highest BCUT2D eigenvalue weighted by atomic mass is 32.2. The van der Waals surface area contributed by atoms with Crippen LogP contribution in [0.4, 0.5) is 4.79 Å². The number of thioether (sulfide) groups is 1. The smallest absolute Gasteiger partial charge is 0.288 e. The summed E-state index contributed by atoms with van der Waals surface area (Å²) in [4.78, 5) is 32.9. The first-order valence-corrected chi connectivity index (χ1v) is 4.08. The fraction of sp³-hybridized carbons (Fsp3) is 0.500. The normalized spacial score (nSPS) is 23.4. The Morgan fingerprint density at radius 3 is 2.58 bits per heavy atom. The minimum Gasteiger partial charge on any atom is -0.550 e. The predicted octanol–water partition coefficient (Wildman–Crippen LogP) is -1.18. The number of amides is 2. The standard InChI is InChI=1S/C6H7NO4S/c1-7-5(10)3(2-4(8)9)12-6(7)11/h3H,2H2,1H3,(H,8,9)/p-1/t3-/m0/s1. The molecular weight excluding hydrogens is 182 g/mol. The summed E-state index contributed by atoms with van der Waals surface area (Å²) in [7, 11) is 1.33. The molecular formula is C6H6NO4S-. The van der Waals surface area contributed by atoms with E-state index in [1.54, 1.807) is 0 Å². The SMILES string of the molecule is CN1C(=O)S[C@@H](CC(=O)[O-])C1=O. The number of carboxylic acid groups (broad SMARTS) is 1. The summed E-state index contributed by atoms with van der Waals surface area (Å²) >= 11 is 0.727. The van der Waals surface area contributed by atoms with E-state index in [9.17, 15) is 19.5 Å². The lowest BCUT2D eigenvalue weighted by Crippen LogP contribution is -2.32. The first-order chi connectivity index (χ1) is 5.52. The largest absolute Gasteiger partial charge is 0.550 e. The number of imide groups is 1. The second kappa shape index (κ2) is 3.14. The molecule has 5 nitrogen and oxygen atoms in total. The van der Waals surface area contributed by atoms with Crippen LogP contribution in [0.25, 0.3) is 0 Å². The van der Waals surface area contributed by atoms with Gasteiger partial charge < -0.3 is 9.90 Å². The maximum atomic E-state index is 11.0. The zero-order valence-corrected chi connectivity index (χ0v) is 7.09. The fourth-order valence-electron chi connectivity index (χ4n) is 0.837. The number of hydrogen-bond acceptors (Lipinski definition) is 5. The van der Waals surface area contributed by atoms with Gasteiger partial charge in [-0.05, 0) is 0 Å². The number of carbonyl (C=O) groups excluding carboxylic acids is 3. The summed E-state index contributed by atoms with van der Waals surface area (Å²) in [6.45, 7) is 0. The Morgan fingerprint density at radius 1 is 1.67 bits per heavy atom. The zero-order valence-electron chi connectivity index (χ0n) is 6.27. The molecule has 0 aromatic carbocycles. The highest BCUT2D eigenvalue weighted by Gasteiger charge is 2.36. The number of rotatable bonds is 2. The summed E-state index contributed by atoms with van der Waals surface area (Å²) in [5.74, 6) is -1.78. The van der Waals surface area contributed by atoms with Crippen LogP contribution in [0.5, 0.6) is 0 Å². The monoisotopic (exact) mass is 188 g/mol. The lowest BCUT2D eigenvalue weighted by molar-refractivity contribution is -0.305. The summed E-state index contributed by atoms with van der Waals surface area (Å²) < 4.78 is 0. The Balaban J connectivity index is 2.65. The topological polar surface area (TPSA) is 77.5 Å². The van der Waals surface area contributed by atoms with Gasteiger partial charge in [0.25, 0.3) is 5.24 Å². The molecule has 12 heavy (non-hydrogen) atoms. The van der Waals surface area contributed by atoms with E-state index in [2.05, 4.69) is 0 Å². The van der Waals surface area contributed by atoms with Crippen LogP contribution >= 0.6 is 11.8 Å². The quantitative estimate of drug-likeness (QED) is 0.545. The average molecular weight is 188 g/mol. The highest BCUT2D eigenvalue weighted by molar-refractivity contribution is 8.15. The van der Waals surface area contributed by atoms with Crippen molar-refractivity contribution in [3.05, 3.63) is 0 Å². The van der Waals surface area contributed by atoms with Gasteiger partial charge >= 0.3 is 0 Å². The third kappa shape index (κ3) is 1.58. The van der Waals surface area contributed by atoms with Gasteiger partial charge in [0.15, 0.2) is 0 Å². The summed E-state index contributed by atoms with van der Waals surface area (Å²) in [5, 5.41) is 8.90. The molecule has 1 saturated heterocycles. The second-order valence-electron chi connectivity index (χ2n) is 2.35. The van der Waals surface area contributed by atoms with Gasteiger partial charge in [-0.25, -0.2) is 0 Å². The van der Waals surface area contributed by atoms with E-state index in [1.165, 1.54) is 7.05 Å². The molecule has 0 aromatic rings. The molecule has 0 spiro atoms. The van der Waals surface area contributed by atoms with Crippen LogP contribution in [-0.2, 0) is 9.59 Å². The van der Waals surface area contributed by atoms with Gasteiger partial charge in [-0.15, -0.1) is 0 Å². The molecule has 0 aliphatic carbocycles. The van der Waals surface area contributed by atoms with Crippen molar-refractivity contribution in [2.24, 2.45) is 0 Å². The van der Waals surface area contributed by atoms with Crippen LogP contribution in [-0.4, -0.2) is 34.3 Å². The van der Waals surface area contributed by atoms with Gasteiger partial charge in [-0.1, -0.05) is 11.8 Å². The second-order valence-corrected chi connectivity index (χ2v) is 3.50. The van der Waals surface area contributed by atoms with Gasteiger partial charge in [-0.3, -0.25) is 14.5 Å². The van der Waals surface area contributed by atoms with Crippen molar-refractivity contribution in [1.82, 2.24) is 4.90 Å². The van der Waals surface area contributed by atoms with Crippen LogP contribution in [0.3, 0.4) is 0 Å². The molecule has 1 aliphatic rings. The minimum absolute atomic E-state index is 0.403. The van der Waals surface area contributed by atoms with Crippen molar-refractivity contribution in [2.45, 2.75) is 11.7 Å². The highest BCUT2D eigenvalue weighted by Crippen LogP contribution is 2.27. The number of aliphatic carboxylic acids is 1. The van der Waals surface area contributed by atoms with E-state index in [0.29, 0.717) is 0 Å².